The Balaban J connectivity index is 1.37. The van der Waals surface area contributed by atoms with Gasteiger partial charge in [0.05, 0.1) is 12.6 Å². The minimum atomic E-state index is 0.113. The average Bonchev–Trinajstić information content (AvgIpc) is 3.48. The van der Waals surface area contributed by atoms with Crippen LogP contribution in [0.15, 0.2) is 24.3 Å². The molecule has 2 saturated heterocycles. The van der Waals surface area contributed by atoms with Gasteiger partial charge in [-0.3, -0.25) is 9.69 Å². The van der Waals surface area contributed by atoms with Crippen LogP contribution in [0.25, 0.3) is 0 Å². The van der Waals surface area contributed by atoms with E-state index < -0.39 is 0 Å². The molecule has 7 heteroatoms. The van der Waals surface area contributed by atoms with Crippen LogP contribution >= 0.6 is 0 Å². The van der Waals surface area contributed by atoms with E-state index in [0.29, 0.717) is 12.6 Å². The second kappa shape index (κ2) is 7.78. The molecule has 3 aliphatic rings. The Morgan fingerprint density at radius 1 is 1.03 bits per heavy atom. The maximum Gasteiger partial charge on any atom is 0.219 e. The number of carbonyl (C=O) groups excluding carboxylic acids is 1. The second-order valence-corrected chi connectivity index (χ2v) is 8.52. The first-order valence-corrected chi connectivity index (χ1v) is 10.9. The van der Waals surface area contributed by atoms with Crippen molar-refractivity contribution in [3.8, 4) is 0 Å². The third-order valence-electron chi connectivity index (χ3n) is 6.70. The molecule has 0 spiro atoms. The van der Waals surface area contributed by atoms with E-state index in [2.05, 4.69) is 48.8 Å². The number of benzene rings is 1. The van der Waals surface area contributed by atoms with Gasteiger partial charge >= 0.3 is 0 Å². The fraction of sp³-hybridized carbons (Fsp3) is 0.591. The van der Waals surface area contributed by atoms with Crippen LogP contribution in [-0.2, 0) is 24.4 Å². The van der Waals surface area contributed by atoms with Crippen LogP contribution < -0.4 is 4.90 Å². The SMILES string of the molecule is CC(=O)N1CCn2c(nnc2C2CCCN2Cc2ccccc2N2CCCC2)C1. The first-order valence-electron chi connectivity index (χ1n) is 10.9. The predicted octanol–water partition coefficient (Wildman–Crippen LogP) is 2.58. The Labute approximate surface area is 172 Å². The zero-order valence-electron chi connectivity index (χ0n) is 17.3. The van der Waals surface area contributed by atoms with Crippen molar-refractivity contribution in [1.29, 1.82) is 0 Å². The highest BCUT2D eigenvalue weighted by molar-refractivity contribution is 5.73. The van der Waals surface area contributed by atoms with E-state index in [4.69, 9.17) is 0 Å². The molecular formula is C22H30N6O. The fourth-order valence-corrected chi connectivity index (χ4v) is 5.13. The van der Waals surface area contributed by atoms with Crippen LogP contribution in [0.3, 0.4) is 0 Å². The number of rotatable bonds is 4. The summed E-state index contributed by atoms with van der Waals surface area (Å²) in [5, 5.41) is 9.03. The number of para-hydroxylation sites is 1. The summed E-state index contributed by atoms with van der Waals surface area (Å²) in [7, 11) is 0. The Morgan fingerprint density at radius 2 is 1.86 bits per heavy atom. The van der Waals surface area contributed by atoms with Crippen LogP contribution in [0.2, 0.25) is 0 Å². The Bertz CT molecular complexity index is 887. The number of nitrogens with zero attached hydrogens (tertiary/aromatic N) is 6. The third-order valence-corrected chi connectivity index (χ3v) is 6.70. The van der Waals surface area contributed by atoms with Gasteiger partial charge in [0.25, 0.3) is 0 Å². The van der Waals surface area contributed by atoms with E-state index in [0.717, 1.165) is 44.2 Å². The molecule has 1 atom stereocenters. The Hall–Kier alpha value is -2.41. The van der Waals surface area contributed by atoms with Crippen molar-refractivity contribution in [3.05, 3.63) is 41.5 Å². The van der Waals surface area contributed by atoms with Crippen molar-refractivity contribution in [3.63, 3.8) is 0 Å². The molecule has 7 nitrogen and oxygen atoms in total. The van der Waals surface area contributed by atoms with Crippen molar-refractivity contribution in [2.45, 2.75) is 58.3 Å². The topological polar surface area (TPSA) is 57.5 Å². The van der Waals surface area contributed by atoms with Crippen LogP contribution in [-0.4, -0.2) is 56.7 Å². The smallest absolute Gasteiger partial charge is 0.219 e. The highest BCUT2D eigenvalue weighted by Gasteiger charge is 2.33. The summed E-state index contributed by atoms with van der Waals surface area (Å²) < 4.78 is 2.26. The van der Waals surface area contributed by atoms with Crippen molar-refractivity contribution in [1.82, 2.24) is 24.6 Å². The van der Waals surface area contributed by atoms with E-state index in [1.54, 1.807) is 6.92 Å². The molecule has 5 rings (SSSR count). The number of hydrogen-bond acceptors (Lipinski definition) is 5. The number of amides is 1. The largest absolute Gasteiger partial charge is 0.371 e. The lowest BCUT2D eigenvalue weighted by molar-refractivity contribution is -0.130. The molecule has 1 aromatic carbocycles. The molecule has 4 heterocycles. The van der Waals surface area contributed by atoms with Gasteiger partial charge in [-0.15, -0.1) is 10.2 Å². The van der Waals surface area contributed by atoms with Gasteiger partial charge in [-0.2, -0.15) is 0 Å². The molecular weight excluding hydrogens is 364 g/mol. The predicted molar refractivity (Wildman–Crippen MR) is 111 cm³/mol. The summed E-state index contributed by atoms with van der Waals surface area (Å²) in [6, 6.07) is 9.20. The van der Waals surface area contributed by atoms with Gasteiger partial charge in [0.15, 0.2) is 11.6 Å². The van der Waals surface area contributed by atoms with Gasteiger partial charge in [-0.1, -0.05) is 18.2 Å². The summed E-state index contributed by atoms with van der Waals surface area (Å²) in [6.45, 7) is 8.15. The van der Waals surface area contributed by atoms with Gasteiger partial charge in [-0.05, 0) is 43.9 Å². The summed E-state index contributed by atoms with van der Waals surface area (Å²) in [4.78, 5) is 18.7. The summed E-state index contributed by atoms with van der Waals surface area (Å²) in [5.41, 5.74) is 2.82. The number of aromatic nitrogens is 3. The van der Waals surface area contributed by atoms with E-state index in [-0.39, 0.29) is 5.91 Å². The summed E-state index contributed by atoms with van der Waals surface area (Å²) in [5.74, 6) is 2.12. The minimum absolute atomic E-state index is 0.113. The van der Waals surface area contributed by atoms with E-state index in [1.165, 1.54) is 43.6 Å². The van der Waals surface area contributed by atoms with Gasteiger partial charge in [-0.25, -0.2) is 0 Å². The van der Waals surface area contributed by atoms with Crippen molar-refractivity contribution in [2.75, 3.05) is 31.1 Å². The monoisotopic (exact) mass is 394 g/mol. The lowest BCUT2D eigenvalue weighted by Gasteiger charge is -2.30. The molecule has 154 valence electrons. The highest BCUT2D eigenvalue weighted by Crippen LogP contribution is 2.35. The quantitative estimate of drug-likeness (QED) is 0.798. The highest BCUT2D eigenvalue weighted by atomic mass is 16.2. The van der Waals surface area contributed by atoms with Gasteiger partial charge in [0, 0.05) is 45.3 Å². The molecule has 0 bridgehead atoms. The number of hydrogen-bond donors (Lipinski definition) is 0. The molecule has 29 heavy (non-hydrogen) atoms. The van der Waals surface area contributed by atoms with Crippen LogP contribution in [0.4, 0.5) is 5.69 Å². The Morgan fingerprint density at radius 3 is 2.69 bits per heavy atom. The first kappa shape index (κ1) is 18.6. The average molecular weight is 395 g/mol. The normalized spacial score (nSPS) is 22.3. The fourth-order valence-electron chi connectivity index (χ4n) is 5.13. The standard InChI is InChI=1S/C22H30N6O/c1-17(29)26-13-14-28-21(16-26)23-24-22(28)20-9-6-12-27(20)15-18-7-2-3-8-19(18)25-10-4-5-11-25/h2-3,7-8,20H,4-6,9-16H2,1H3. The molecule has 0 aliphatic carbocycles. The maximum atomic E-state index is 11.7. The van der Waals surface area contributed by atoms with Crippen molar-refractivity contribution in [2.24, 2.45) is 0 Å². The maximum absolute atomic E-state index is 11.7. The van der Waals surface area contributed by atoms with E-state index in [1.807, 2.05) is 4.90 Å². The van der Waals surface area contributed by atoms with E-state index >= 15 is 0 Å². The molecule has 1 amide bonds. The number of fused-ring (bicyclic) bond motifs is 1. The molecule has 3 aliphatic heterocycles. The minimum Gasteiger partial charge on any atom is -0.371 e. The molecule has 2 aromatic rings. The van der Waals surface area contributed by atoms with Crippen LogP contribution in [0.5, 0.6) is 0 Å². The number of anilines is 1. The molecule has 0 saturated carbocycles. The second-order valence-electron chi connectivity index (χ2n) is 8.52. The lowest BCUT2D eigenvalue weighted by Crippen LogP contribution is -2.38. The van der Waals surface area contributed by atoms with Gasteiger partial charge < -0.3 is 14.4 Å². The van der Waals surface area contributed by atoms with Crippen LogP contribution in [0.1, 0.15) is 55.9 Å². The Kier molecular flexibility index (Phi) is 4.99. The van der Waals surface area contributed by atoms with Crippen molar-refractivity contribution < 1.29 is 4.79 Å². The molecule has 2 fully saturated rings. The molecule has 0 N–H and O–H groups in total. The van der Waals surface area contributed by atoms with E-state index in [9.17, 15) is 4.79 Å². The molecule has 0 radical (unpaired) electrons. The van der Waals surface area contributed by atoms with Crippen LogP contribution in [0, 0.1) is 0 Å². The zero-order valence-corrected chi connectivity index (χ0v) is 17.3. The van der Waals surface area contributed by atoms with Gasteiger partial charge in [0.2, 0.25) is 5.91 Å². The lowest BCUT2D eigenvalue weighted by atomic mass is 10.1. The zero-order chi connectivity index (χ0) is 19.8. The molecule has 1 unspecified atom stereocenters. The number of likely N-dealkylation sites (tertiary alicyclic amines) is 1. The summed E-state index contributed by atoms with van der Waals surface area (Å²) >= 11 is 0. The molecule has 1 aromatic heterocycles. The number of carbonyl (C=O) groups is 1. The third kappa shape index (κ3) is 3.52. The van der Waals surface area contributed by atoms with Crippen molar-refractivity contribution >= 4 is 11.6 Å². The summed E-state index contributed by atoms with van der Waals surface area (Å²) in [6.07, 6.45) is 4.91. The first-order chi connectivity index (χ1) is 14.2. The van der Waals surface area contributed by atoms with Gasteiger partial charge in [0.1, 0.15) is 0 Å².